The lowest BCUT2D eigenvalue weighted by Crippen LogP contribution is -2.39. The number of carbonyl (C=O) groups is 2. The van der Waals surface area contributed by atoms with Gasteiger partial charge in [-0.2, -0.15) is 0 Å². The van der Waals surface area contributed by atoms with Crippen LogP contribution in [0.2, 0.25) is 0 Å². The van der Waals surface area contributed by atoms with Crippen molar-refractivity contribution in [1.82, 2.24) is 5.32 Å². The summed E-state index contributed by atoms with van der Waals surface area (Å²) in [4.78, 5) is 23.4. The van der Waals surface area contributed by atoms with E-state index < -0.39 is 5.97 Å². The molecule has 1 aliphatic rings. The highest BCUT2D eigenvalue weighted by atomic mass is 79.9. The number of furan rings is 1. The summed E-state index contributed by atoms with van der Waals surface area (Å²) < 4.78 is 6.19. The Morgan fingerprint density at radius 2 is 1.89 bits per heavy atom. The van der Waals surface area contributed by atoms with Crippen LogP contribution in [0.3, 0.4) is 0 Å². The Bertz CT molecular complexity index is 874. The predicted molar refractivity (Wildman–Crippen MR) is 110 cm³/mol. The highest BCUT2D eigenvalue weighted by Crippen LogP contribution is 2.32. The number of hydrogen-bond donors (Lipinski definition) is 3. The number of nitrogens with one attached hydrogen (secondary N) is 2. The number of aromatic carboxylic acids is 1. The molecule has 0 saturated heterocycles. The van der Waals surface area contributed by atoms with Crippen molar-refractivity contribution < 1.29 is 19.1 Å². The van der Waals surface area contributed by atoms with Crippen molar-refractivity contribution in [2.24, 2.45) is 5.92 Å². The monoisotopic (exact) mass is 450 g/mol. The molecule has 1 amide bonds. The van der Waals surface area contributed by atoms with Crippen LogP contribution < -0.4 is 10.6 Å². The third-order valence-corrected chi connectivity index (χ3v) is 5.22. The lowest BCUT2D eigenvalue weighted by molar-refractivity contribution is -0.124. The highest BCUT2D eigenvalue weighted by Gasteiger charge is 2.22. The molecule has 0 radical (unpaired) electrons. The van der Waals surface area contributed by atoms with Gasteiger partial charge in [-0.25, -0.2) is 4.79 Å². The summed E-state index contributed by atoms with van der Waals surface area (Å²) in [7, 11) is 0. The van der Waals surface area contributed by atoms with E-state index >= 15 is 0 Å². The van der Waals surface area contributed by atoms with Crippen LogP contribution in [0.4, 0.5) is 5.69 Å². The predicted octanol–water partition coefficient (Wildman–Crippen LogP) is 4.80. The Morgan fingerprint density at radius 1 is 1.15 bits per heavy atom. The van der Waals surface area contributed by atoms with Gasteiger partial charge in [-0.05, 0) is 55.4 Å². The molecule has 1 fully saturated rings. The molecule has 1 aliphatic carbocycles. The average molecular weight is 451 g/mol. The maximum Gasteiger partial charge on any atom is 0.371 e. The van der Waals surface area contributed by atoms with Gasteiger partial charge < -0.3 is 20.2 Å². The minimum atomic E-state index is -1.14. The molecule has 0 aliphatic heterocycles. The Morgan fingerprint density at radius 3 is 2.56 bits per heavy atom. The molecule has 1 heterocycles. The Labute approximate surface area is 170 Å². The van der Waals surface area contributed by atoms with E-state index in [4.69, 9.17) is 21.7 Å². The van der Waals surface area contributed by atoms with Gasteiger partial charge in [-0.1, -0.05) is 35.2 Å². The van der Waals surface area contributed by atoms with E-state index in [2.05, 4.69) is 26.6 Å². The van der Waals surface area contributed by atoms with Crippen molar-refractivity contribution in [3.8, 4) is 11.3 Å². The Hall–Kier alpha value is -2.19. The summed E-state index contributed by atoms with van der Waals surface area (Å²) in [5.41, 5.74) is 1.24. The smallest absolute Gasteiger partial charge is 0.371 e. The molecule has 0 spiro atoms. The van der Waals surface area contributed by atoms with Gasteiger partial charge in [0.15, 0.2) is 5.11 Å². The second-order valence-corrected chi connectivity index (χ2v) is 7.76. The molecule has 27 heavy (non-hydrogen) atoms. The van der Waals surface area contributed by atoms with E-state index in [0.717, 1.165) is 30.2 Å². The first-order chi connectivity index (χ1) is 12.9. The Balaban J connectivity index is 1.75. The zero-order chi connectivity index (χ0) is 19.4. The van der Waals surface area contributed by atoms with Crippen LogP contribution in [0, 0.1) is 5.92 Å². The van der Waals surface area contributed by atoms with Crippen LogP contribution in [0.5, 0.6) is 0 Å². The van der Waals surface area contributed by atoms with Crippen LogP contribution in [0.15, 0.2) is 39.2 Å². The minimum Gasteiger partial charge on any atom is -0.475 e. The van der Waals surface area contributed by atoms with Gasteiger partial charge >= 0.3 is 5.97 Å². The maximum absolute atomic E-state index is 12.4. The fourth-order valence-corrected chi connectivity index (χ4v) is 3.74. The zero-order valence-corrected chi connectivity index (χ0v) is 16.9. The van der Waals surface area contributed by atoms with Gasteiger partial charge in [0.25, 0.3) is 0 Å². The summed E-state index contributed by atoms with van der Waals surface area (Å²) in [5.74, 6) is -0.947. The van der Waals surface area contributed by atoms with Crippen LogP contribution in [0.25, 0.3) is 11.3 Å². The molecule has 8 heteroatoms. The molecule has 1 aromatic heterocycles. The van der Waals surface area contributed by atoms with Crippen LogP contribution >= 0.6 is 28.1 Å². The molecule has 0 bridgehead atoms. The molecule has 3 N–H and O–H groups in total. The van der Waals surface area contributed by atoms with Crippen LogP contribution in [0.1, 0.15) is 42.7 Å². The molecule has 0 unspecified atom stereocenters. The molecular weight excluding hydrogens is 432 g/mol. The summed E-state index contributed by atoms with van der Waals surface area (Å²) in [5, 5.41) is 15.0. The lowest BCUT2D eigenvalue weighted by Gasteiger charge is -2.21. The second-order valence-electron chi connectivity index (χ2n) is 6.44. The van der Waals surface area contributed by atoms with Crippen LogP contribution in [-0.4, -0.2) is 22.1 Å². The largest absolute Gasteiger partial charge is 0.475 e. The van der Waals surface area contributed by atoms with E-state index in [-0.39, 0.29) is 22.7 Å². The third kappa shape index (κ3) is 4.95. The van der Waals surface area contributed by atoms with Gasteiger partial charge in [0.05, 0.1) is 5.69 Å². The van der Waals surface area contributed by atoms with Gasteiger partial charge in [0, 0.05) is 16.0 Å². The summed E-state index contributed by atoms with van der Waals surface area (Å²) >= 11 is 8.70. The fourth-order valence-electron chi connectivity index (χ4n) is 3.16. The number of benzene rings is 1. The molecule has 6 nitrogen and oxygen atoms in total. The number of carboxylic acid groups (broad SMARTS) is 1. The number of carbonyl (C=O) groups excluding carboxylic acids is 1. The number of amides is 1. The standard InChI is InChI=1S/C19H19BrN2O4S/c20-12-6-7-13(15-8-9-16(26-15)18(24)25)14(10-12)21-19(27)22-17(23)11-4-2-1-3-5-11/h6-11H,1-5H2,(H,24,25)(H2,21,22,23,27). The second kappa shape index (κ2) is 8.67. The molecular formula is C19H19BrN2O4S. The quantitative estimate of drug-likeness (QED) is 0.579. The van der Waals surface area contributed by atoms with E-state index in [1.54, 1.807) is 18.2 Å². The third-order valence-electron chi connectivity index (χ3n) is 4.52. The van der Waals surface area contributed by atoms with Gasteiger partial charge in [0.2, 0.25) is 11.7 Å². The van der Waals surface area contributed by atoms with Gasteiger partial charge in [-0.15, -0.1) is 0 Å². The molecule has 1 saturated carbocycles. The van der Waals surface area contributed by atoms with Gasteiger partial charge in [0.1, 0.15) is 5.76 Å². The van der Waals surface area contributed by atoms with Gasteiger partial charge in [-0.3, -0.25) is 4.79 Å². The molecule has 1 aromatic carbocycles. The van der Waals surface area contributed by atoms with E-state index in [9.17, 15) is 9.59 Å². The SMILES string of the molecule is O=C(O)c1ccc(-c2ccc(Br)cc2NC(=S)NC(=O)C2CCCCC2)o1. The highest BCUT2D eigenvalue weighted by molar-refractivity contribution is 9.10. The first-order valence-electron chi connectivity index (χ1n) is 8.69. The summed E-state index contributed by atoms with van der Waals surface area (Å²) in [6.07, 6.45) is 5.09. The maximum atomic E-state index is 12.4. The lowest BCUT2D eigenvalue weighted by atomic mass is 9.89. The number of carboxylic acids is 1. The van der Waals surface area contributed by atoms with Crippen molar-refractivity contribution in [1.29, 1.82) is 0 Å². The summed E-state index contributed by atoms with van der Waals surface area (Å²) in [6.45, 7) is 0. The summed E-state index contributed by atoms with van der Waals surface area (Å²) in [6, 6.07) is 8.36. The van der Waals surface area contributed by atoms with Crippen molar-refractivity contribution in [3.05, 3.63) is 40.6 Å². The van der Waals surface area contributed by atoms with E-state index in [1.165, 1.54) is 12.5 Å². The fraction of sp³-hybridized carbons (Fsp3) is 0.316. The van der Waals surface area contributed by atoms with Crippen molar-refractivity contribution in [3.63, 3.8) is 0 Å². The number of anilines is 1. The normalized spacial score (nSPS) is 14.6. The first kappa shape index (κ1) is 19.6. The molecule has 3 rings (SSSR count). The molecule has 142 valence electrons. The number of hydrogen-bond acceptors (Lipinski definition) is 4. The topological polar surface area (TPSA) is 91.6 Å². The molecule has 0 atom stereocenters. The first-order valence-corrected chi connectivity index (χ1v) is 9.89. The van der Waals surface area contributed by atoms with Crippen molar-refractivity contribution >= 4 is 50.8 Å². The number of rotatable bonds is 4. The average Bonchev–Trinajstić information content (AvgIpc) is 3.12. The van der Waals surface area contributed by atoms with Crippen molar-refractivity contribution in [2.75, 3.05) is 5.32 Å². The Kier molecular flexibility index (Phi) is 6.28. The van der Waals surface area contributed by atoms with E-state index in [1.807, 2.05) is 6.07 Å². The number of halogens is 1. The zero-order valence-electron chi connectivity index (χ0n) is 14.5. The minimum absolute atomic E-state index is 0.00341. The number of thiocarbonyl (C=S) groups is 1. The molecule has 2 aromatic rings. The van der Waals surface area contributed by atoms with Crippen LogP contribution in [-0.2, 0) is 4.79 Å². The van der Waals surface area contributed by atoms with Crippen molar-refractivity contribution in [2.45, 2.75) is 32.1 Å². The van der Waals surface area contributed by atoms with E-state index in [0.29, 0.717) is 17.0 Å².